The highest BCUT2D eigenvalue weighted by Gasteiger charge is 2.14. The number of ether oxygens (including phenoxy) is 1. The second kappa shape index (κ2) is 6.19. The topological polar surface area (TPSA) is 39.2 Å². The molecule has 0 amide bonds. The van der Waals surface area contributed by atoms with Gasteiger partial charge in [-0.1, -0.05) is 39.3 Å². The zero-order chi connectivity index (χ0) is 13.8. The smallest absolute Gasteiger partial charge is 0.338 e. The third kappa shape index (κ3) is 5.05. The molecule has 1 aromatic rings. The van der Waals surface area contributed by atoms with Crippen molar-refractivity contribution in [3.63, 3.8) is 0 Å². The van der Waals surface area contributed by atoms with Crippen LogP contribution in [0.2, 0.25) is 5.15 Å². The predicted octanol–water partition coefficient (Wildman–Crippen LogP) is 3.89. The van der Waals surface area contributed by atoms with Crippen LogP contribution in [0.15, 0.2) is 12.1 Å². The Morgan fingerprint density at radius 1 is 1.39 bits per heavy atom. The van der Waals surface area contributed by atoms with E-state index in [1.807, 2.05) is 6.92 Å². The summed E-state index contributed by atoms with van der Waals surface area (Å²) in [6, 6.07) is 3.27. The molecule has 4 heteroatoms. The molecule has 0 bridgehead atoms. The van der Waals surface area contributed by atoms with Crippen molar-refractivity contribution in [3.8, 4) is 0 Å². The van der Waals surface area contributed by atoms with Gasteiger partial charge in [0.05, 0.1) is 12.2 Å². The molecular formula is C14H20ClNO2. The first-order chi connectivity index (χ1) is 8.31. The molecule has 1 heterocycles. The van der Waals surface area contributed by atoms with Crippen LogP contribution in [0.25, 0.3) is 0 Å². The highest BCUT2D eigenvalue weighted by molar-refractivity contribution is 6.29. The average molecular weight is 270 g/mol. The van der Waals surface area contributed by atoms with Crippen LogP contribution in [0.3, 0.4) is 0 Å². The Kier molecular flexibility index (Phi) is 5.15. The molecule has 0 atom stereocenters. The van der Waals surface area contributed by atoms with Crippen molar-refractivity contribution in [2.45, 2.75) is 40.5 Å². The van der Waals surface area contributed by atoms with Crippen LogP contribution < -0.4 is 0 Å². The first-order valence-electron chi connectivity index (χ1n) is 6.15. The maximum atomic E-state index is 11.8. The number of nitrogens with zero attached hydrogens (tertiary/aromatic N) is 1. The number of carbonyl (C=O) groups excluding carboxylic acids is 1. The highest BCUT2D eigenvalue weighted by atomic mass is 35.5. The fourth-order valence-electron chi connectivity index (χ4n) is 1.38. The molecule has 0 saturated heterocycles. The number of hydrogen-bond donors (Lipinski definition) is 0. The van der Waals surface area contributed by atoms with Gasteiger partial charge in [0.1, 0.15) is 5.15 Å². The minimum atomic E-state index is -0.335. The maximum absolute atomic E-state index is 11.8. The van der Waals surface area contributed by atoms with E-state index in [4.69, 9.17) is 16.3 Å². The van der Waals surface area contributed by atoms with Gasteiger partial charge in [-0.25, -0.2) is 9.78 Å². The monoisotopic (exact) mass is 269 g/mol. The van der Waals surface area contributed by atoms with Gasteiger partial charge in [-0.05, 0) is 30.4 Å². The summed E-state index contributed by atoms with van der Waals surface area (Å²) in [6.07, 6.45) is 1.57. The van der Waals surface area contributed by atoms with Crippen LogP contribution >= 0.6 is 11.6 Å². The first-order valence-corrected chi connectivity index (χ1v) is 6.53. The van der Waals surface area contributed by atoms with E-state index < -0.39 is 0 Å². The summed E-state index contributed by atoms with van der Waals surface area (Å²) in [5, 5.41) is 0.331. The lowest BCUT2D eigenvalue weighted by molar-refractivity contribution is 0.0464. The standard InChI is InChI=1S/C14H20ClNO2/c1-5-11-8-10(9-12(15)16-11)13(17)18-7-6-14(2,3)4/h8-9H,5-7H2,1-4H3. The molecule has 0 aliphatic rings. The number of pyridine rings is 1. The molecule has 0 aliphatic carbocycles. The number of aryl methyl sites for hydroxylation is 1. The molecule has 100 valence electrons. The Labute approximate surface area is 114 Å². The molecule has 0 fully saturated rings. The summed E-state index contributed by atoms with van der Waals surface area (Å²) in [7, 11) is 0. The van der Waals surface area contributed by atoms with Gasteiger partial charge in [-0.15, -0.1) is 0 Å². The SMILES string of the molecule is CCc1cc(C(=O)OCCC(C)(C)C)cc(Cl)n1. The predicted molar refractivity (Wildman–Crippen MR) is 73.0 cm³/mol. The Morgan fingerprint density at radius 2 is 2.06 bits per heavy atom. The summed E-state index contributed by atoms with van der Waals surface area (Å²) >= 11 is 5.86. The molecule has 0 aliphatic heterocycles. The van der Waals surface area contributed by atoms with E-state index >= 15 is 0 Å². The van der Waals surface area contributed by atoms with E-state index in [2.05, 4.69) is 25.8 Å². The van der Waals surface area contributed by atoms with Crippen LogP contribution in [-0.4, -0.2) is 17.6 Å². The van der Waals surface area contributed by atoms with Crippen molar-refractivity contribution in [2.24, 2.45) is 5.41 Å². The Morgan fingerprint density at radius 3 is 2.61 bits per heavy atom. The van der Waals surface area contributed by atoms with Gasteiger partial charge in [-0.3, -0.25) is 0 Å². The van der Waals surface area contributed by atoms with Crippen LogP contribution in [0.5, 0.6) is 0 Å². The molecule has 0 aromatic carbocycles. The van der Waals surface area contributed by atoms with E-state index in [0.29, 0.717) is 17.3 Å². The van der Waals surface area contributed by atoms with Gasteiger partial charge in [-0.2, -0.15) is 0 Å². The summed E-state index contributed by atoms with van der Waals surface area (Å²) in [5.41, 5.74) is 1.43. The molecule has 0 unspecified atom stereocenters. The summed E-state index contributed by atoms with van der Waals surface area (Å²) in [6.45, 7) is 8.72. The van der Waals surface area contributed by atoms with Crippen molar-refractivity contribution >= 4 is 17.6 Å². The summed E-state index contributed by atoms with van der Waals surface area (Å²) < 4.78 is 5.23. The maximum Gasteiger partial charge on any atom is 0.338 e. The largest absolute Gasteiger partial charge is 0.462 e. The van der Waals surface area contributed by atoms with E-state index in [1.165, 1.54) is 0 Å². The Hall–Kier alpha value is -1.09. The lowest BCUT2D eigenvalue weighted by atomic mass is 9.93. The van der Waals surface area contributed by atoms with Gasteiger partial charge >= 0.3 is 5.97 Å². The lowest BCUT2D eigenvalue weighted by Crippen LogP contribution is -2.13. The van der Waals surface area contributed by atoms with Crippen LogP contribution in [0.1, 0.15) is 50.2 Å². The average Bonchev–Trinajstić information content (AvgIpc) is 2.26. The van der Waals surface area contributed by atoms with Crippen molar-refractivity contribution in [1.29, 1.82) is 0 Å². The Bertz CT molecular complexity index is 424. The normalized spacial score (nSPS) is 11.4. The van der Waals surface area contributed by atoms with Gasteiger partial charge in [0.25, 0.3) is 0 Å². The van der Waals surface area contributed by atoms with Crippen LogP contribution in [0.4, 0.5) is 0 Å². The van der Waals surface area contributed by atoms with E-state index in [-0.39, 0.29) is 11.4 Å². The van der Waals surface area contributed by atoms with Crippen LogP contribution in [0, 0.1) is 5.41 Å². The number of halogens is 1. The second-order valence-corrected chi connectivity index (χ2v) is 5.86. The summed E-state index contributed by atoms with van der Waals surface area (Å²) in [4.78, 5) is 16.0. The third-order valence-electron chi connectivity index (χ3n) is 2.53. The first kappa shape index (κ1) is 15.0. The van der Waals surface area contributed by atoms with E-state index in [0.717, 1.165) is 18.5 Å². The van der Waals surface area contributed by atoms with Crippen LogP contribution in [-0.2, 0) is 11.2 Å². The fraction of sp³-hybridized carbons (Fsp3) is 0.571. The molecule has 0 saturated carbocycles. The number of esters is 1. The minimum absolute atomic E-state index is 0.157. The second-order valence-electron chi connectivity index (χ2n) is 5.47. The van der Waals surface area contributed by atoms with Gasteiger partial charge < -0.3 is 4.74 Å². The van der Waals surface area contributed by atoms with E-state index in [9.17, 15) is 4.79 Å². The quantitative estimate of drug-likeness (QED) is 0.615. The van der Waals surface area contributed by atoms with Gasteiger partial charge in [0, 0.05) is 5.69 Å². The fourth-order valence-corrected chi connectivity index (χ4v) is 1.61. The molecule has 0 N–H and O–H groups in total. The highest BCUT2D eigenvalue weighted by Crippen LogP contribution is 2.19. The van der Waals surface area contributed by atoms with Crippen molar-refractivity contribution < 1.29 is 9.53 Å². The van der Waals surface area contributed by atoms with Gasteiger partial charge in [0.15, 0.2) is 0 Å². The van der Waals surface area contributed by atoms with Crippen molar-refractivity contribution in [2.75, 3.05) is 6.61 Å². The minimum Gasteiger partial charge on any atom is -0.462 e. The zero-order valence-electron chi connectivity index (χ0n) is 11.4. The molecule has 3 nitrogen and oxygen atoms in total. The lowest BCUT2D eigenvalue weighted by Gasteiger charge is -2.17. The molecule has 0 radical (unpaired) electrons. The zero-order valence-corrected chi connectivity index (χ0v) is 12.2. The molecule has 18 heavy (non-hydrogen) atoms. The Balaban J connectivity index is 2.64. The number of carbonyl (C=O) groups is 1. The number of hydrogen-bond acceptors (Lipinski definition) is 3. The molecular weight excluding hydrogens is 250 g/mol. The van der Waals surface area contributed by atoms with Gasteiger partial charge in [0.2, 0.25) is 0 Å². The van der Waals surface area contributed by atoms with Crippen molar-refractivity contribution in [1.82, 2.24) is 4.98 Å². The summed E-state index contributed by atoms with van der Waals surface area (Å²) in [5.74, 6) is -0.335. The number of rotatable bonds is 4. The van der Waals surface area contributed by atoms with Crippen molar-refractivity contribution in [3.05, 3.63) is 28.5 Å². The molecule has 0 spiro atoms. The third-order valence-corrected chi connectivity index (χ3v) is 2.72. The number of aromatic nitrogens is 1. The molecule has 1 aromatic heterocycles. The van der Waals surface area contributed by atoms with E-state index in [1.54, 1.807) is 12.1 Å². The molecule has 1 rings (SSSR count).